The van der Waals surface area contributed by atoms with Crippen LogP contribution in [0.4, 0.5) is 6.01 Å². The molecule has 0 saturated carbocycles. The highest BCUT2D eigenvalue weighted by atomic mass is 16.5. The third kappa shape index (κ3) is 3.07. The quantitative estimate of drug-likeness (QED) is 0.771. The lowest BCUT2D eigenvalue weighted by Crippen LogP contribution is -2.07. The Bertz CT molecular complexity index is 505. The minimum atomic E-state index is 0.406. The van der Waals surface area contributed by atoms with Gasteiger partial charge in [-0.25, -0.2) is 0 Å². The molecule has 1 N–H and O–H groups in total. The maximum Gasteiger partial charge on any atom is 0.315 e. The van der Waals surface area contributed by atoms with Gasteiger partial charge in [-0.2, -0.15) is 5.10 Å². The molecule has 0 amide bonds. The average molecular weight is 251 g/mol. The van der Waals surface area contributed by atoms with Crippen molar-refractivity contribution in [3.8, 4) is 0 Å². The molecule has 0 fully saturated rings. The molecule has 0 bridgehead atoms. The van der Waals surface area contributed by atoms with Crippen molar-refractivity contribution in [2.24, 2.45) is 0 Å². The molecule has 0 unspecified atom stereocenters. The highest BCUT2D eigenvalue weighted by molar-refractivity contribution is 5.16. The molecule has 0 aliphatic carbocycles. The summed E-state index contributed by atoms with van der Waals surface area (Å²) in [4.78, 5) is 0. The minimum Gasteiger partial charge on any atom is -0.406 e. The van der Waals surface area contributed by atoms with E-state index in [1.807, 2.05) is 24.6 Å². The fourth-order valence-electron chi connectivity index (χ4n) is 1.61. The van der Waals surface area contributed by atoms with Crippen molar-refractivity contribution in [3.63, 3.8) is 0 Å². The molecular formula is C11H17N5O2. The maximum absolute atomic E-state index is 5.45. The monoisotopic (exact) mass is 251 g/mol. The van der Waals surface area contributed by atoms with E-state index in [1.165, 1.54) is 0 Å². The second kappa shape index (κ2) is 5.63. The van der Waals surface area contributed by atoms with E-state index in [0.717, 1.165) is 11.4 Å². The van der Waals surface area contributed by atoms with Gasteiger partial charge in [0.05, 0.1) is 12.3 Å². The lowest BCUT2D eigenvalue weighted by Gasteiger charge is -2.00. The Kier molecular flexibility index (Phi) is 3.93. The zero-order valence-electron chi connectivity index (χ0n) is 10.8. The van der Waals surface area contributed by atoms with Crippen LogP contribution in [0.25, 0.3) is 0 Å². The van der Waals surface area contributed by atoms with Crippen molar-refractivity contribution < 1.29 is 9.15 Å². The van der Waals surface area contributed by atoms with Gasteiger partial charge in [0.2, 0.25) is 5.89 Å². The van der Waals surface area contributed by atoms with Crippen molar-refractivity contribution in [1.82, 2.24) is 20.0 Å². The van der Waals surface area contributed by atoms with Crippen LogP contribution in [0, 0.1) is 13.8 Å². The summed E-state index contributed by atoms with van der Waals surface area (Å²) >= 11 is 0. The number of nitrogens with zero attached hydrogens (tertiary/aromatic N) is 4. The van der Waals surface area contributed by atoms with Gasteiger partial charge in [0.25, 0.3) is 0 Å². The van der Waals surface area contributed by atoms with Gasteiger partial charge in [-0.05, 0) is 19.9 Å². The molecule has 0 atom stereocenters. The molecule has 18 heavy (non-hydrogen) atoms. The van der Waals surface area contributed by atoms with Crippen LogP contribution in [0.3, 0.4) is 0 Å². The van der Waals surface area contributed by atoms with Gasteiger partial charge in [-0.1, -0.05) is 5.10 Å². The predicted molar refractivity (Wildman–Crippen MR) is 65.5 cm³/mol. The van der Waals surface area contributed by atoms with Crippen LogP contribution >= 0.6 is 0 Å². The molecule has 2 heterocycles. The molecular weight excluding hydrogens is 234 g/mol. The van der Waals surface area contributed by atoms with E-state index in [1.54, 1.807) is 7.11 Å². The van der Waals surface area contributed by atoms with Crippen molar-refractivity contribution in [2.75, 3.05) is 25.6 Å². The Morgan fingerprint density at radius 3 is 2.89 bits per heavy atom. The topological polar surface area (TPSA) is 78.0 Å². The first kappa shape index (κ1) is 12.6. The average Bonchev–Trinajstić information content (AvgIpc) is 2.88. The van der Waals surface area contributed by atoms with E-state index in [2.05, 4.69) is 20.6 Å². The first-order chi connectivity index (χ1) is 8.69. The maximum atomic E-state index is 5.45. The summed E-state index contributed by atoms with van der Waals surface area (Å²) in [5.41, 5.74) is 2.05. The standard InChI is InChI=1S/C11H17N5O2/c1-8-6-9(2)16(15-8)7-10-13-14-11(18-10)12-4-5-17-3/h6H,4-5,7H2,1-3H3,(H,12,14). The highest BCUT2D eigenvalue weighted by Crippen LogP contribution is 2.09. The van der Waals surface area contributed by atoms with E-state index < -0.39 is 0 Å². The summed E-state index contributed by atoms with van der Waals surface area (Å²) in [6.45, 7) is 5.66. The minimum absolute atomic E-state index is 0.406. The predicted octanol–water partition coefficient (Wildman–Crippen LogP) is 0.990. The van der Waals surface area contributed by atoms with Gasteiger partial charge in [-0.15, -0.1) is 5.10 Å². The number of aromatic nitrogens is 4. The van der Waals surface area contributed by atoms with Crippen LogP contribution in [0.2, 0.25) is 0 Å². The number of hydrogen-bond acceptors (Lipinski definition) is 6. The molecule has 2 aromatic heterocycles. The summed E-state index contributed by atoms with van der Waals surface area (Å²) in [6, 6.07) is 2.41. The van der Waals surface area contributed by atoms with Gasteiger partial charge in [0.15, 0.2) is 0 Å². The van der Waals surface area contributed by atoms with Gasteiger partial charge in [-0.3, -0.25) is 4.68 Å². The van der Waals surface area contributed by atoms with Crippen molar-refractivity contribution in [1.29, 1.82) is 0 Å². The van der Waals surface area contributed by atoms with Crippen molar-refractivity contribution >= 4 is 6.01 Å². The number of hydrogen-bond donors (Lipinski definition) is 1. The molecule has 0 radical (unpaired) electrons. The summed E-state index contributed by atoms with van der Waals surface area (Å²) in [6.07, 6.45) is 0. The zero-order valence-corrected chi connectivity index (χ0v) is 10.8. The Hall–Kier alpha value is -1.89. The summed E-state index contributed by atoms with van der Waals surface area (Å²) in [7, 11) is 1.64. The van der Waals surface area contributed by atoms with Crippen molar-refractivity contribution in [3.05, 3.63) is 23.3 Å². The van der Waals surface area contributed by atoms with Crippen molar-refractivity contribution in [2.45, 2.75) is 20.4 Å². The number of aryl methyl sites for hydroxylation is 2. The smallest absolute Gasteiger partial charge is 0.315 e. The van der Waals surface area contributed by atoms with Gasteiger partial charge in [0, 0.05) is 19.3 Å². The molecule has 2 aromatic rings. The van der Waals surface area contributed by atoms with Crippen LogP contribution in [0.1, 0.15) is 17.3 Å². The Morgan fingerprint density at radius 1 is 1.39 bits per heavy atom. The highest BCUT2D eigenvalue weighted by Gasteiger charge is 2.08. The van der Waals surface area contributed by atoms with Gasteiger partial charge >= 0.3 is 6.01 Å². The SMILES string of the molecule is COCCNc1nnc(Cn2nc(C)cc2C)o1. The fraction of sp³-hybridized carbons (Fsp3) is 0.545. The second-order valence-electron chi connectivity index (χ2n) is 4.01. The van der Waals surface area contributed by atoms with Crippen LogP contribution in [-0.2, 0) is 11.3 Å². The number of nitrogens with one attached hydrogen (secondary N) is 1. The van der Waals surface area contributed by atoms with Crippen LogP contribution in [0.5, 0.6) is 0 Å². The van der Waals surface area contributed by atoms with E-state index in [9.17, 15) is 0 Å². The lowest BCUT2D eigenvalue weighted by atomic mass is 10.4. The Balaban J connectivity index is 1.96. The molecule has 0 spiro atoms. The number of ether oxygens (including phenoxy) is 1. The zero-order chi connectivity index (χ0) is 13.0. The largest absolute Gasteiger partial charge is 0.406 e. The molecule has 98 valence electrons. The first-order valence-corrected chi connectivity index (χ1v) is 5.75. The van der Waals surface area contributed by atoms with Gasteiger partial charge in [0.1, 0.15) is 6.54 Å². The third-order valence-corrected chi connectivity index (χ3v) is 2.44. The van der Waals surface area contributed by atoms with Crippen LogP contribution < -0.4 is 5.32 Å². The summed E-state index contributed by atoms with van der Waals surface area (Å²) in [5, 5.41) is 15.2. The molecule has 0 aliphatic rings. The number of methoxy groups -OCH3 is 1. The summed E-state index contributed by atoms with van der Waals surface area (Å²) < 4.78 is 12.2. The Morgan fingerprint density at radius 2 is 2.22 bits per heavy atom. The molecule has 0 saturated heterocycles. The molecule has 0 aromatic carbocycles. The molecule has 2 rings (SSSR count). The van der Waals surface area contributed by atoms with E-state index in [-0.39, 0.29) is 0 Å². The number of anilines is 1. The van der Waals surface area contributed by atoms with Gasteiger partial charge < -0.3 is 14.5 Å². The first-order valence-electron chi connectivity index (χ1n) is 5.75. The summed E-state index contributed by atoms with van der Waals surface area (Å²) in [5.74, 6) is 0.529. The number of rotatable bonds is 6. The molecule has 7 nitrogen and oxygen atoms in total. The lowest BCUT2D eigenvalue weighted by molar-refractivity contribution is 0.210. The molecule has 7 heteroatoms. The second-order valence-corrected chi connectivity index (χ2v) is 4.01. The van der Waals surface area contributed by atoms with Crippen LogP contribution in [0.15, 0.2) is 10.5 Å². The van der Waals surface area contributed by atoms with E-state index in [0.29, 0.717) is 31.6 Å². The third-order valence-electron chi connectivity index (χ3n) is 2.44. The van der Waals surface area contributed by atoms with Crippen LogP contribution in [-0.4, -0.2) is 40.2 Å². The fourth-order valence-corrected chi connectivity index (χ4v) is 1.61. The van der Waals surface area contributed by atoms with E-state index >= 15 is 0 Å². The molecule has 0 aliphatic heterocycles. The van der Waals surface area contributed by atoms with E-state index in [4.69, 9.17) is 9.15 Å². The normalized spacial score (nSPS) is 10.8. The Labute approximate surface area is 105 Å².